The summed E-state index contributed by atoms with van der Waals surface area (Å²) < 4.78 is 32.5. The molecule has 16 heavy (non-hydrogen) atoms. The maximum Gasteiger partial charge on any atom is 0.355 e. The van der Waals surface area contributed by atoms with Crippen LogP contribution in [0.2, 0.25) is 0 Å². The van der Waals surface area contributed by atoms with Gasteiger partial charge < -0.3 is 9.52 Å². The van der Waals surface area contributed by atoms with Crippen LogP contribution < -0.4 is 4.72 Å². The number of aliphatic carboxylic acids is 1. The Balaban J connectivity index is 2.50. The summed E-state index contributed by atoms with van der Waals surface area (Å²) >= 11 is 0. The van der Waals surface area contributed by atoms with Gasteiger partial charge in [-0.2, -0.15) is 8.42 Å². The lowest BCUT2D eigenvalue weighted by molar-refractivity contribution is -0.129. The summed E-state index contributed by atoms with van der Waals surface area (Å²) in [4.78, 5) is 10.7. The Labute approximate surface area is 90.3 Å². The second-order valence-electron chi connectivity index (χ2n) is 2.89. The first-order valence-corrected chi connectivity index (χ1v) is 5.53. The quantitative estimate of drug-likeness (QED) is 0.758. The zero-order chi connectivity index (χ0) is 11.8. The smallest absolute Gasteiger partial charge is 0.355 e. The van der Waals surface area contributed by atoms with Crippen LogP contribution in [0.5, 0.6) is 0 Å². The van der Waals surface area contributed by atoms with E-state index in [0.29, 0.717) is 0 Å². The molecule has 1 aliphatic rings. The van der Waals surface area contributed by atoms with Crippen molar-refractivity contribution in [2.45, 2.75) is 0 Å². The predicted molar refractivity (Wildman–Crippen MR) is 53.8 cm³/mol. The summed E-state index contributed by atoms with van der Waals surface area (Å²) in [5, 5.41) is 8.69. The predicted octanol–water partition coefficient (Wildman–Crippen LogP) is -0.00590. The van der Waals surface area contributed by atoms with Gasteiger partial charge in [-0.1, -0.05) is 0 Å². The van der Waals surface area contributed by atoms with E-state index in [2.05, 4.69) is 9.12 Å². The second kappa shape index (κ2) is 3.49. The van der Waals surface area contributed by atoms with Gasteiger partial charge in [0.2, 0.25) is 0 Å². The number of carbonyl (C=O) groups is 1. The van der Waals surface area contributed by atoms with Gasteiger partial charge in [0.05, 0.1) is 12.0 Å². The van der Waals surface area contributed by atoms with E-state index in [1.807, 2.05) is 0 Å². The molecule has 0 aromatic carbocycles. The Hall–Kier alpha value is -2.09. The number of rotatable bonds is 2. The Morgan fingerprint density at radius 3 is 2.81 bits per heavy atom. The molecule has 0 saturated carbocycles. The van der Waals surface area contributed by atoms with E-state index in [9.17, 15) is 13.2 Å². The van der Waals surface area contributed by atoms with Gasteiger partial charge >= 0.3 is 16.2 Å². The summed E-state index contributed by atoms with van der Waals surface area (Å²) in [6.45, 7) is 0. The van der Waals surface area contributed by atoms with Crippen LogP contribution in [0.1, 0.15) is 5.76 Å². The molecule has 0 atom stereocenters. The van der Waals surface area contributed by atoms with Crippen LogP contribution in [0.4, 0.5) is 0 Å². The van der Waals surface area contributed by atoms with Gasteiger partial charge in [0.25, 0.3) is 0 Å². The first kappa shape index (κ1) is 10.4. The first-order valence-electron chi connectivity index (χ1n) is 4.09. The van der Waals surface area contributed by atoms with Crippen LogP contribution in [-0.4, -0.2) is 25.2 Å². The highest BCUT2D eigenvalue weighted by Gasteiger charge is 2.23. The Morgan fingerprint density at radius 2 is 2.25 bits per heavy atom. The molecule has 7 nitrogen and oxygen atoms in total. The molecule has 2 N–H and O–H groups in total. The van der Waals surface area contributed by atoms with Crippen molar-refractivity contribution < 1.29 is 22.7 Å². The van der Waals surface area contributed by atoms with Crippen molar-refractivity contribution in [3.8, 4) is 0 Å². The van der Waals surface area contributed by atoms with E-state index in [1.165, 1.54) is 12.3 Å². The molecule has 8 heteroatoms. The minimum atomic E-state index is -4.02. The van der Waals surface area contributed by atoms with Gasteiger partial charge in [0, 0.05) is 6.08 Å². The van der Waals surface area contributed by atoms with Crippen LogP contribution in [0.3, 0.4) is 0 Å². The number of furan rings is 1. The Bertz CT molecular complexity index is 582. The lowest BCUT2D eigenvalue weighted by atomic mass is 10.2. The highest BCUT2D eigenvalue weighted by molar-refractivity contribution is 7.88. The average molecular weight is 242 g/mol. The molecule has 0 saturated heterocycles. The van der Waals surface area contributed by atoms with Crippen molar-refractivity contribution in [2.75, 3.05) is 0 Å². The monoisotopic (exact) mass is 242 g/mol. The molecule has 2 rings (SSSR count). The van der Waals surface area contributed by atoms with E-state index >= 15 is 0 Å². The molecular weight excluding hydrogens is 236 g/mol. The lowest BCUT2D eigenvalue weighted by Crippen LogP contribution is -2.28. The molecule has 1 aromatic rings. The summed E-state index contributed by atoms with van der Waals surface area (Å²) in [5.74, 6) is -1.20. The van der Waals surface area contributed by atoms with Crippen LogP contribution >= 0.6 is 0 Å². The van der Waals surface area contributed by atoms with Gasteiger partial charge in [-0.15, -0.1) is 4.40 Å². The molecule has 1 aromatic heterocycles. The maximum absolute atomic E-state index is 11.2. The number of carboxylic acids is 1. The minimum absolute atomic E-state index is 0.0393. The molecule has 2 heterocycles. The van der Waals surface area contributed by atoms with Crippen LogP contribution in [-0.2, 0) is 15.0 Å². The Kier molecular flexibility index (Phi) is 2.27. The fraction of sp³-hybridized carbons (Fsp3) is 0. The summed E-state index contributed by atoms with van der Waals surface area (Å²) in [6.07, 6.45) is 2.43. The molecule has 84 valence electrons. The largest absolute Gasteiger partial charge is 0.476 e. The van der Waals surface area contributed by atoms with Crippen LogP contribution in [0.25, 0.3) is 5.70 Å². The average Bonchev–Trinajstić information content (AvgIpc) is 2.67. The van der Waals surface area contributed by atoms with E-state index in [1.54, 1.807) is 6.07 Å². The van der Waals surface area contributed by atoms with Crippen molar-refractivity contribution in [2.24, 2.45) is 4.40 Å². The second-order valence-corrected chi connectivity index (χ2v) is 4.23. The number of carboxylic acid groups (broad SMARTS) is 1. The van der Waals surface area contributed by atoms with Gasteiger partial charge in [0.15, 0.2) is 11.5 Å². The lowest BCUT2D eigenvalue weighted by Gasteiger charge is -2.11. The van der Waals surface area contributed by atoms with Crippen molar-refractivity contribution in [1.29, 1.82) is 0 Å². The van der Waals surface area contributed by atoms with Gasteiger partial charge in [-0.05, 0) is 12.1 Å². The highest BCUT2D eigenvalue weighted by atomic mass is 32.2. The number of hydrogen-bond donors (Lipinski definition) is 2. The number of nitrogens with zero attached hydrogens (tertiary/aromatic N) is 1. The minimum Gasteiger partial charge on any atom is -0.476 e. The van der Waals surface area contributed by atoms with Gasteiger partial charge in [-0.3, -0.25) is 4.72 Å². The third-order valence-corrected chi connectivity index (χ3v) is 2.66. The normalized spacial score (nSPS) is 18.2. The molecular formula is C8H6N2O5S. The zero-order valence-corrected chi connectivity index (χ0v) is 8.56. The van der Waals surface area contributed by atoms with Gasteiger partial charge in [0.1, 0.15) is 0 Å². The standard InChI is InChI=1S/C8H6N2O5S/c11-8(12)6-4-5(7-2-1-3-15-7)9-16(13,14)10-6/h1-4,9H,(H,11,12). The van der Waals surface area contributed by atoms with Crippen LogP contribution in [0.15, 0.2) is 33.3 Å². The highest BCUT2D eigenvalue weighted by Crippen LogP contribution is 2.17. The molecule has 0 bridgehead atoms. The zero-order valence-electron chi connectivity index (χ0n) is 7.75. The fourth-order valence-electron chi connectivity index (χ4n) is 1.14. The summed E-state index contributed by atoms with van der Waals surface area (Å²) in [7, 11) is -4.02. The summed E-state index contributed by atoms with van der Waals surface area (Å²) in [5.41, 5.74) is -0.525. The fourth-order valence-corrected chi connectivity index (χ4v) is 2.01. The van der Waals surface area contributed by atoms with Crippen molar-refractivity contribution in [1.82, 2.24) is 4.72 Å². The van der Waals surface area contributed by atoms with E-state index in [0.717, 1.165) is 6.08 Å². The molecule has 0 aliphatic carbocycles. The van der Waals surface area contributed by atoms with E-state index in [-0.39, 0.29) is 11.5 Å². The van der Waals surface area contributed by atoms with Crippen molar-refractivity contribution in [3.63, 3.8) is 0 Å². The first-order chi connectivity index (χ1) is 7.48. The maximum atomic E-state index is 11.2. The molecule has 0 spiro atoms. The molecule has 1 aliphatic heterocycles. The van der Waals surface area contributed by atoms with Crippen LogP contribution in [0, 0.1) is 0 Å². The van der Waals surface area contributed by atoms with Crippen molar-refractivity contribution >= 4 is 27.6 Å². The van der Waals surface area contributed by atoms with E-state index < -0.39 is 21.9 Å². The SMILES string of the molecule is O=C(O)C1=NS(=O)(=O)NC(c2ccco2)=C1. The summed E-state index contributed by atoms with van der Waals surface area (Å²) in [6, 6.07) is 3.05. The third kappa shape index (κ3) is 1.96. The topological polar surface area (TPSA) is 109 Å². The number of nitrogens with one attached hydrogen (secondary N) is 1. The number of hydrogen-bond acceptors (Lipinski definition) is 4. The van der Waals surface area contributed by atoms with Crippen molar-refractivity contribution in [3.05, 3.63) is 30.2 Å². The molecule has 0 fully saturated rings. The molecule has 0 amide bonds. The molecule has 0 unspecified atom stereocenters. The Morgan fingerprint density at radius 1 is 1.50 bits per heavy atom. The third-order valence-electron chi connectivity index (χ3n) is 1.74. The molecule has 0 radical (unpaired) electrons. The van der Waals surface area contributed by atoms with E-state index in [4.69, 9.17) is 9.52 Å². The van der Waals surface area contributed by atoms with Gasteiger partial charge in [-0.25, -0.2) is 4.79 Å².